The van der Waals surface area contributed by atoms with Crippen LogP contribution in [0.2, 0.25) is 0 Å². The molecule has 5 rings (SSSR count). The van der Waals surface area contributed by atoms with Gasteiger partial charge in [-0.1, -0.05) is 0 Å². The molecule has 2 unspecified atom stereocenters. The van der Waals surface area contributed by atoms with Crippen molar-refractivity contribution in [1.82, 2.24) is 14.8 Å². The number of carbonyl (C=O) groups excluding carboxylic acids is 3. The lowest BCUT2D eigenvalue weighted by molar-refractivity contribution is -0.131. The Balaban J connectivity index is 1.39. The number of benzene rings is 1. The molecular formula is C24H26FN3O4S. The number of carbonyl (C=O) groups is 3. The second-order valence-electron chi connectivity index (χ2n) is 8.92. The molecule has 174 valence electrons. The van der Waals surface area contributed by atoms with Gasteiger partial charge in [0.2, 0.25) is 0 Å². The number of ether oxygens (including phenoxy) is 1. The molecule has 2 fully saturated rings. The van der Waals surface area contributed by atoms with E-state index in [0.29, 0.717) is 29.8 Å². The van der Waals surface area contributed by atoms with Crippen molar-refractivity contribution in [3.8, 4) is 0 Å². The predicted molar refractivity (Wildman–Crippen MR) is 121 cm³/mol. The number of nitrogens with one attached hydrogen (secondary N) is 1. The Kier molecular flexibility index (Phi) is 5.56. The normalized spacial score (nSPS) is 24.5. The van der Waals surface area contributed by atoms with Crippen molar-refractivity contribution in [2.24, 2.45) is 0 Å². The molecule has 4 heterocycles. The zero-order chi connectivity index (χ0) is 23.3. The quantitative estimate of drug-likeness (QED) is 0.533. The van der Waals surface area contributed by atoms with Crippen LogP contribution in [0.15, 0.2) is 29.2 Å². The fourth-order valence-electron chi connectivity index (χ4n) is 5.12. The summed E-state index contributed by atoms with van der Waals surface area (Å²) in [5, 5.41) is 2.77. The summed E-state index contributed by atoms with van der Waals surface area (Å²) in [5.41, 5.74) is 1.38. The number of aryl methyl sites for hydroxylation is 1. The van der Waals surface area contributed by atoms with Gasteiger partial charge in [0.05, 0.1) is 12.6 Å². The van der Waals surface area contributed by atoms with Gasteiger partial charge in [-0.25, -0.2) is 9.18 Å². The third kappa shape index (κ3) is 3.67. The zero-order valence-corrected chi connectivity index (χ0v) is 19.5. The van der Waals surface area contributed by atoms with E-state index in [1.807, 2.05) is 19.9 Å². The third-order valence-electron chi connectivity index (χ3n) is 6.90. The van der Waals surface area contributed by atoms with E-state index in [1.165, 1.54) is 23.9 Å². The van der Waals surface area contributed by atoms with E-state index in [4.69, 9.17) is 4.74 Å². The summed E-state index contributed by atoms with van der Waals surface area (Å²) in [7, 11) is 0. The molecule has 2 atom stereocenters. The molecule has 2 aromatic rings. The maximum atomic E-state index is 14.0. The number of ketones is 1. The predicted octanol–water partition coefficient (Wildman–Crippen LogP) is 3.55. The lowest BCUT2D eigenvalue weighted by Crippen LogP contribution is -2.46. The molecule has 0 radical (unpaired) electrons. The monoisotopic (exact) mass is 471 g/mol. The molecule has 1 aromatic heterocycles. The first-order chi connectivity index (χ1) is 15.8. The summed E-state index contributed by atoms with van der Waals surface area (Å²) < 4.78 is 21.8. The van der Waals surface area contributed by atoms with E-state index >= 15 is 0 Å². The number of fused-ring (bicyclic) bond motifs is 2. The van der Waals surface area contributed by atoms with Gasteiger partial charge in [-0.3, -0.25) is 14.5 Å². The number of aromatic nitrogens is 1. The highest BCUT2D eigenvalue weighted by Crippen LogP contribution is 2.44. The zero-order valence-electron chi connectivity index (χ0n) is 18.7. The minimum atomic E-state index is -1.32. The second kappa shape index (κ2) is 8.29. The molecule has 9 heteroatoms. The van der Waals surface area contributed by atoms with Gasteiger partial charge >= 0.3 is 6.03 Å². The average Bonchev–Trinajstić information content (AvgIpc) is 3.46. The number of hydrogen-bond donors (Lipinski definition) is 1. The summed E-state index contributed by atoms with van der Waals surface area (Å²) in [4.78, 5) is 41.2. The smallest absolute Gasteiger partial charge is 0.325 e. The third-order valence-corrected chi connectivity index (χ3v) is 7.97. The van der Waals surface area contributed by atoms with Crippen molar-refractivity contribution in [1.29, 1.82) is 0 Å². The average molecular weight is 472 g/mol. The number of nitrogens with zero attached hydrogens (tertiary/aromatic N) is 2. The Morgan fingerprint density at radius 3 is 2.88 bits per heavy atom. The van der Waals surface area contributed by atoms with Gasteiger partial charge < -0.3 is 14.6 Å². The second-order valence-corrected chi connectivity index (χ2v) is 10.1. The highest BCUT2D eigenvalue weighted by atomic mass is 32.2. The number of imide groups is 1. The maximum absolute atomic E-state index is 14.0. The SMILES string of the molecule is Cc1cc(C(=O)CN2C(=O)NC3(CCSc4ccc(F)cc43)C2=O)c(C)n1CC1CCCO1. The van der Waals surface area contributed by atoms with Crippen LogP contribution in [0.1, 0.15) is 46.6 Å². The van der Waals surface area contributed by atoms with Crippen LogP contribution in [-0.2, 0) is 21.6 Å². The highest BCUT2D eigenvalue weighted by Gasteiger charge is 2.54. The molecule has 3 amide bonds. The fourth-order valence-corrected chi connectivity index (χ4v) is 6.30. The number of Topliss-reactive ketones (excluding diaryl/α,β-unsaturated/α-hetero) is 1. The van der Waals surface area contributed by atoms with Crippen LogP contribution in [0.3, 0.4) is 0 Å². The Morgan fingerprint density at radius 1 is 1.30 bits per heavy atom. The summed E-state index contributed by atoms with van der Waals surface area (Å²) in [6, 6.07) is 5.47. The molecule has 3 aliphatic rings. The van der Waals surface area contributed by atoms with E-state index in [2.05, 4.69) is 9.88 Å². The molecule has 33 heavy (non-hydrogen) atoms. The molecule has 0 aliphatic carbocycles. The Labute approximate surface area is 195 Å². The number of thioether (sulfide) groups is 1. The Morgan fingerprint density at radius 2 is 2.12 bits per heavy atom. The largest absolute Gasteiger partial charge is 0.376 e. The number of halogens is 1. The number of urea groups is 1. The molecule has 0 saturated carbocycles. The van der Waals surface area contributed by atoms with Crippen molar-refractivity contribution in [2.45, 2.75) is 56.2 Å². The summed E-state index contributed by atoms with van der Waals surface area (Å²) in [6.45, 7) is 4.90. The van der Waals surface area contributed by atoms with Crippen LogP contribution in [0.5, 0.6) is 0 Å². The summed E-state index contributed by atoms with van der Waals surface area (Å²) in [6.07, 6.45) is 2.51. The molecule has 2 saturated heterocycles. The van der Waals surface area contributed by atoms with E-state index in [0.717, 1.165) is 40.6 Å². The van der Waals surface area contributed by atoms with Gasteiger partial charge in [-0.05, 0) is 57.4 Å². The van der Waals surface area contributed by atoms with Crippen LogP contribution in [0.25, 0.3) is 0 Å². The van der Waals surface area contributed by atoms with Crippen LogP contribution in [-0.4, -0.2) is 52.2 Å². The summed E-state index contributed by atoms with van der Waals surface area (Å²) in [5.74, 6) is -0.657. The minimum absolute atomic E-state index is 0.133. The van der Waals surface area contributed by atoms with Gasteiger partial charge in [0.25, 0.3) is 5.91 Å². The van der Waals surface area contributed by atoms with E-state index in [-0.39, 0.29) is 18.4 Å². The maximum Gasteiger partial charge on any atom is 0.325 e. The molecule has 3 aliphatic heterocycles. The van der Waals surface area contributed by atoms with E-state index in [1.54, 1.807) is 6.07 Å². The van der Waals surface area contributed by atoms with Crippen LogP contribution in [0, 0.1) is 19.7 Å². The van der Waals surface area contributed by atoms with Crippen molar-refractivity contribution in [3.63, 3.8) is 0 Å². The Bertz CT molecular complexity index is 1160. The van der Waals surface area contributed by atoms with Crippen LogP contribution < -0.4 is 5.32 Å². The van der Waals surface area contributed by atoms with E-state index in [9.17, 15) is 18.8 Å². The van der Waals surface area contributed by atoms with Crippen molar-refractivity contribution >= 4 is 29.5 Å². The standard InChI is InChI=1S/C24H26FN3O4S/c1-14-10-18(15(2)27(14)12-17-4-3-8-32-17)20(29)13-28-22(30)24(26-23(28)31)7-9-33-21-6-5-16(25)11-19(21)24/h5-6,10-11,17H,3-4,7-9,12-13H2,1-2H3,(H,26,31). The van der Waals surface area contributed by atoms with Gasteiger partial charge in [0.15, 0.2) is 5.78 Å². The van der Waals surface area contributed by atoms with Crippen LogP contribution >= 0.6 is 11.8 Å². The number of amides is 3. The van der Waals surface area contributed by atoms with Crippen molar-refractivity contribution in [2.75, 3.05) is 18.9 Å². The number of rotatable bonds is 5. The van der Waals surface area contributed by atoms with Gasteiger partial charge in [-0.15, -0.1) is 11.8 Å². The highest BCUT2D eigenvalue weighted by molar-refractivity contribution is 7.99. The van der Waals surface area contributed by atoms with E-state index < -0.39 is 23.3 Å². The van der Waals surface area contributed by atoms with Crippen molar-refractivity contribution in [3.05, 3.63) is 52.6 Å². The van der Waals surface area contributed by atoms with Crippen LogP contribution in [0.4, 0.5) is 9.18 Å². The van der Waals surface area contributed by atoms with Gasteiger partial charge in [-0.2, -0.15) is 0 Å². The van der Waals surface area contributed by atoms with Crippen molar-refractivity contribution < 1.29 is 23.5 Å². The van der Waals surface area contributed by atoms with Gasteiger partial charge in [0, 0.05) is 46.3 Å². The first-order valence-corrected chi connectivity index (χ1v) is 12.2. The van der Waals surface area contributed by atoms with Gasteiger partial charge in [0.1, 0.15) is 11.4 Å². The summed E-state index contributed by atoms with van der Waals surface area (Å²) >= 11 is 1.52. The first kappa shape index (κ1) is 22.2. The minimum Gasteiger partial charge on any atom is -0.376 e. The molecule has 0 bridgehead atoms. The topological polar surface area (TPSA) is 80.6 Å². The fraction of sp³-hybridized carbons (Fsp3) is 0.458. The molecule has 7 nitrogen and oxygen atoms in total. The first-order valence-electron chi connectivity index (χ1n) is 11.2. The Hall–Kier alpha value is -2.65. The lowest BCUT2D eigenvalue weighted by atomic mass is 9.86. The lowest BCUT2D eigenvalue weighted by Gasteiger charge is -2.32. The molecule has 1 aromatic carbocycles. The molecular weight excluding hydrogens is 445 g/mol. The molecule has 1 N–H and O–H groups in total. The number of hydrogen-bond acceptors (Lipinski definition) is 5. The molecule has 1 spiro atoms.